The third-order valence-electron chi connectivity index (χ3n) is 4.35. The van der Waals surface area contributed by atoms with Crippen LogP contribution in [0.1, 0.15) is 39.3 Å². The molecule has 0 radical (unpaired) electrons. The highest BCUT2D eigenvalue weighted by Crippen LogP contribution is 2.27. The molecule has 2 amide bonds. The molecule has 1 saturated heterocycles. The van der Waals surface area contributed by atoms with Crippen LogP contribution < -0.4 is 10.6 Å². The van der Waals surface area contributed by atoms with Gasteiger partial charge in [-0.2, -0.15) is 0 Å². The SMILES string of the molecule is C[C@@H](NC(=O)OC(C)(C)C)C(=O)NCC(c1ccccc1Cl)N1CCOCC1. The van der Waals surface area contributed by atoms with Crippen molar-refractivity contribution >= 4 is 23.6 Å². The minimum absolute atomic E-state index is 0.0738. The standard InChI is InChI=1S/C20H30ClN3O4/c1-14(23-19(26)28-20(2,3)4)18(25)22-13-17(24-9-11-27-12-10-24)15-7-5-6-8-16(15)21/h5-8,14,17H,9-13H2,1-4H3,(H,22,25)(H,23,26)/t14-,17?/m1/s1. The smallest absolute Gasteiger partial charge is 0.408 e. The molecule has 156 valence electrons. The average Bonchev–Trinajstić information content (AvgIpc) is 2.62. The monoisotopic (exact) mass is 411 g/mol. The summed E-state index contributed by atoms with van der Waals surface area (Å²) < 4.78 is 10.6. The lowest BCUT2D eigenvalue weighted by Crippen LogP contribution is -2.49. The maximum atomic E-state index is 12.5. The van der Waals surface area contributed by atoms with Gasteiger partial charge in [-0.05, 0) is 39.3 Å². The Bertz CT molecular complexity index is 672. The van der Waals surface area contributed by atoms with Gasteiger partial charge in [0.15, 0.2) is 0 Å². The van der Waals surface area contributed by atoms with Crippen LogP contribution in [0.25, 0.3) is 0 Å². The van der Waals surface area contributed by atoms with Gasteiger partial charge in [-0.15, -0.1) is 0 Å². The Morgan fingerprint density at radius 1 is 1.25 bits per heavy atom. The van der Waals surface area contributed by atoms with Crippen LogP contribution in [0.15, 0.2) is 24.3 Å². The van der Waals surface area contributed by atoms with Crippen LogP contribution >= 0.6 is 11.6 Å². The van der Waals surface area contributed by atoms with Crippen molar-refractivity contribution in [3.8, 4) is 0 Å². The van der Waals surface area contributed by atoms with E-state index in [-0.39, 0.29) is 11.9 Å². The minimum atomic E-state index is -0.716. The number of morpholine rings is 1. The van der Waals surface area contributed by atoms with Crippen LogP contribution in [-0.2, 0) is 14.3 Å². The summed E-state index contributed by atoms with van der Waals surface area (Å²) >= 11 is 6.40. The quantitative estimate of drug-likeness (QED) is 0.752. The Labute approximate surface area is 171 Å². The molecule has 0 bridgehead atoms. The largest absolute Gasteiger partial charge is 0.444 e. The summed E-state index contributed by atoms with van der Waals surface area (Å²) in [7, 11) is 0. The van der Waals surface area contributed by atoms with E-state index in [1.54, 1.807) is 27.7 Å². The number of nitrogens with zero attached hydrogens (tertiary/aromatic N) is 1. The Hall–Kier alpha value is -1.83. The maximum Gasteiger partial charge on any atom is 0.408 e. The number of hydrogen-bond acceptors (Lipinski definition) is 5. The number of benzene rings is 1. The fraction of sp³-hybridized carbons (Fsp3) is 0.600. The van der Waals surface area contributed by atoms with Gasteiger partial charge < -0.3 is 20.1 Å². The first-order valence-electron chi connectivity index (χ1n) is 9.51. The van der Waals surface area contributed by atoms with Crippen molar-refractivity contribution < 1.29 is 19.1 Å². The highest BCUT2D eigenvalue weighted by atomic mass is 35.5. The topological polar surface area (TPSA) is 79.9 Å². The lowest BCUT2D eigenvalue weighted by molar-refractivity contribution is -0.123. The van der Waals surface area contributed by atoms with Crippen LogP contribution in [0.2, 0.25) is 5.02 Å². The predicted molar refractivity (Wildman–Crippen MR) is 108 cm³/mol. The van der Waals surface area contributed by atoms with Gasteiger partial charge in [0.25, 0.3) is 0 Å². The lowest BCUT2D eigenvalue weighted by atomic mass is 10.0. The maximum absolute atomic E-state index is 12.5. The molecule has 1 heterocycles. The molecule has 1 aliphatic heterocycles. The summed E-state index contributed by atoms with van der Waals surface area (Å²) in [4.78, 5) is 26.6. The highest BCUT2D eigenvalue weighted by molar-refractivity contribution is 6.31. The lowest BCUT2D eigenvalue weighted by Gasteiger charge is -2.35. The molecule has 1 aliphatic rings. The zero-order valence-corrected chi connectivity index (χ0v) is 17.7. The molecule has 1 fully saturated rings. The number of rotatable bonds is 6. The van der Waals surface area contributed by atoms with E-state index in [2.05, 4.69) is 15.5 Å². The Morgan fingerprint density at radius 2 is 1.89 bits per heavy atom. The molecule has 1 unspecified atom stereocenters. The summed E-state index contributed by atoms with van der Waals surface area (Å²) in [6.45, 7) is 10.1. The number of carbonyl (C=O) groups is 2. The molecule has 2 rings (SSSR count). The first kappa shape index (κ1) is 22.5. The first-order valence-corrected chi connectivity index (χ1v) is 9.88. The van der Waals surface area contributed by atoms with E-state index >= 15 is 0 Å². The van der Waals surface area contributed by atoms with Crippen molar-refractivity contribution in [3.63, 3.8) is 0 Å². The molecule has 7 nitrogen and oxygen atoms in total. The molecule has 0 aromatic heterocycles. The van der Waals surface area contributed by atoms with Gasteiger partial charge in [-0.1, -0.05) is 29.8 Å². The van der Waals surface area contributed by atoms with Gasteiger partial charge >= 0.3 is 6.09 Å². The van der Waals surface area contributed by atoms with E-state index in [0.717, 1.165) is 18.7 Å². The molecular weight excluding hydrogens is 382 g/mol. The third-order valence-corrected chi connectivity index (χ3v) is 4.69. The van der Waals surface area contributed by atoms with Crippen molar-refractivity contribution in [1.29, 1.82) is 0 Å². The first-order chi connectivity index (χ1) is 13.2. The van der Waals surface area contributed by atoms with Gasteiger partial charge in [0.1, 0.15) is 11.6 Å². The van der Waals surface area contributed by atoms with Gasteiger partial charge in [-0.3, -0.25) is 9.69 Å². The van der Waals surface area contributed by atoms with E-state index < -0.39 is 17.7 Å². The minimum Gasteiger partial charge on any atom is -0.444 e. The third kappa shape index (κ3) is 6.96. The van der Waals surface area contributed by atoms with E-state index in [0.29, 0.717) is 24.8 Å². The average molecular weight is 412 g/mol. The zero-order chi connectivity index (χ0) is 20.7. The van der Waals surface area contributed by atoms with Crippen molar-refractivity contribution in [1.82, 2.24) is 15.5 Å². The van der Waals surface area contributed by atoms with Crippen LogP contribution in [0.4, 0.5) is 4.79 Å². The van der Waals surface area contributed by atoms with Crippen molar-refractivity contribution in [2.45, 2.75) is 45.4 Å². The number of hydrogen-bond donors (Lipinski definition) is 2. The molecule has 28 heavy (non-hydrogen) atoms. The van der Waals surface area contributed by atoms with Crippen LogP contribution in [0, 0.1) is 0 Å². The van der Waals surface area contributed by atoms with Crippen molar-refractivity contribution in [2.75, 3.05) is 32.8 Å². The molecule has 2 atom stereocenters. The molecule has 0 aliphatic carbocycles. The number of halogens is 1. The summed E-state index contributed by atoms with van der Waals surface area (Å²) in [6, 6.07) is 6.84. The second-order valence-electron chi connectivity index (χ2n) is 7.80. The van der Waals surface area contributed by atoms with Crippen LogP contribution in [-0.4, -0.2) is 61.4 Å². The summed E-state index contributed by atoms with van der Waals surface area (Å²) in [5.41, 5.74) is 0.338. The van der Waals surface area contributed by atoms with Crippen LogP contribution in [0.3, 0.4) is 0 Å². The van der Waals surface area contributed by atoms with E-state index in [1.165, 1.54) is 0 Å². The Balaban J connectivity index is 1.99. The molecule has 1 aromatic carbocycles. The molecule has 0 saturated carbocycles. The molecule has 8 heteroatoms. The molecule has 0 spiro atoms. The van der Waals surface area contributed by atoms with Gasteiger partial charge in [0.2, 0.25) is 5.91 Å². The fourth-order valence-electron chi connectivity index (χ4n) is 2.97. The summed E-state index contributed by atoms with van der Waals surface area (Å²) in [5, 5.41) is 6.14. The number of carbonyl (C=O) groups excluding carboxylic acids is 2. The van der Waals surface area contributed by atoms with Crippen molar-refractivity contribution in [3.05, 3.63) is 34.9 Å². The normalized spacial score (nSPS) is 17.5. The zero-order valence-electron chi connectivity index (χ0n) is 17.0. The second kappa shape index (κ2) is 10.1. The Morgan fingerprint density at radius 3 is 2.50 bits per heavy atom. The van der Waals surface area contributed by atoms with Crippen LogP contribution in [0.5, 0.6) is 0 Å². The predicted octanol–water partition coefficient (Wildman–Crippen LogP) is 2.74. The number of ether oxygens (including phenoxy) is 2. The second-order valence-corrected chi connectivity index (χ2v) is 8.21. The Kier molecular flexibility index (Phi) is 8.10. The van der Waals surface area contributed by atoms with Gasteiger partial charge in [0, 0.05) is 24.7 Å². The molecule has 1 aromatic rings. The summed E-state index contributed by atoms with van der Waals surface area (Å²) in [6.07, 6.45) is -0.619. The van der Waals surface area contributed by atoms with E-state index in [9.17, 15) is 9.59 Å². The van der Waals surface area contributed by atoms with E-state index in [1.807, 2.05) is 24.3 Å². The molecular formula is C20H30ClN3O4. The van der Waals surface area contributed by atoms with Gasteiger partial charge in [0.05, 0.1) is 19.3 Å². The summed E-state index contributed by atoms with van der Waals surface area (Å²) in [5.74, 6) is -0.281. The van der Waals surface area contributed by atoms with Crippen molar-refractivity contribution in [2.24, 2.45) is 0 Å². The number of amides is 2. The van der Waals surface area contributed by atoms with Gasteiger partial charge in [-0.25, -0.2) is 4.79 Å². The highest BCUT2D eigenvalue weighted by Gasteiger charge is 2.26. The fourth-order valence-corrected chi connectivity index (χ4v) is 3.23. The number of alkyl carbamates (subject to hydrolysis) is 1. The number of nitrogens with one attached hydrogen (secondary N) is 2. The molecule has 2 N–H and O–H groups in total. The van der Waals surface area contributed by atoms with E-state index in [4.69, 9.17) is 21.1 Å².